The first-order valence-electron chi connectivity index (χ1n) is 9.98. The molecule has 0 bridgehead atoms. The molecule has 0 heterocycles. The quantitative estimate of drug-likeness (QED) is 0.324. The molecule has 0 aliphatic carbocycles. The van der Waals surface area contributed by atoms with Crippen molar-refractivity contribution >= 4 is 46.3 Å². The number of nitrogens with zero attached hydrogens (tertiary/aromatic N) is 2. The highest BCUT2D eigenvalue weighted by molar-refractivity contribution is 6.34. The van der Waals surface area contributed by atoms with Crippen LogP contribution in [0.4, 0.5) is 11.4 Å². The SMILES string of the molecule is CCOc1cc(N=NC(C(C)=O)C(=O)Nc2cc(OC)c(OC)cc2Cl)c(Cl)c(OCC)c1. The number of rotatable bonds is 11. The molecule has 1 N–H and O–H groups in total. The number of halogens is 2. The molecule has 2 aromatic carbocycles. The van der Waals surface area contributed by atoms with E-state index in [1.54, 1.807) is 13.0 Å². The Morgan fingerprint density at radius 3 is 2.18 bits per heavy atom. The van der Waals surface area contributed by atoms with Crippen LogP contribution in [0.3, 0.4) is 0 Å². The Bertz CT molecular complexity index is 1050. The zero-order chi connectivity index (χ0) is 24.5. The van der Waals surface area contributed by atoms with Crippen molar-refractivity contribution in [1.82, 2.24) is 0 Å². The molecule has 1 atom stereocenters. The first-order chi connectivity index (χ1) is 15.7. The first kappa shape index (κ1) is 26.2. The van der Waals surface area contributed by atoms with Crippen LogP contribution in [0.5, 0.6) is 23.0 Å². The summed E-state index contributed by atoms with van der Waals surface area (Å²) in [4.78, 5) is 25.0. The van der Waals surface area contributed by atoms with E-state index in [0.717, 1.165) is 0 Å². The van der Waals surface area contributed by atoms with Crippen molar-refractivity contribution in [3.05, 3.63) is 34.3 Å². The second kappa shape index (κ2) is 12.3. The molecule has 0 aliphatic heterocycles. The van der Waals surface area contributed by atoms with Crippen molar-refractivity contribution in [3.63, 3.8) is 0 Å². The third-order valence-electron chi connectivity index (χ3n) is 4.25. The van der Waals surface area contributed by atoms with Gasteiger partial charge in [0.05, 0.1) is 38.1 Å². The van der Waals surface area contributed by atoms with Crippen LogP contribution in [-0.2, 0) is 9.59 Å². The Hall–Kier alpha value is -3.04. The molecule has 0 aliphatic rings. The van der Waals surface area contributed by atoms with Gasteiger partial charge in [0, 0.05) is 24.3 Å². The Kier molecular flexibility index (Phi) is 9.74. The summed E-state index contributed by atoms with van der Waals surface area (Å²) in [5.74, 6) is 0.274. The topological polar surface area (TPSA) is 108 Å². The minimum atomic E-state index is -1.45. The number of azo groups is 1. The van der Waals surface area contributed by atoms with Crippen LogP contribution >= 0.6 is 23.2 Å². The molecule has 2 rings (SSSR count). The van der Waals surface area contributed by atoms with Gasteiger partial charge in [0.2, 0.25) is 6.04 Å². The van der Waals surface area contributed by atoms with Crippen molar-refractivity contribution in [3.8, 4) is 23.0 Å². The molecule has 0 saturated carbocycles. The van der Waals surface area contributed by atoms with Gasteiger partial charge in [-0.1, -0.05) is 23.2 Å². The molecule has 0 fully saturated rings. The van der Waals surface area contributed by atoms with E-state index in [4.69, 9.17) is 42.1 Å². The molecular weight excluding hydrogens is 473 g/mol. The van der Waals surface area contributed by atoms with Crippen LogP contribution in [0, 0.1) is 0 Å². The van der Waals surface area contributed by atoms with Crippen molar-refractivity contribution < 1.29 is 28.5 Å². The summed E-state index contributed by atoms with van der Waals surface area (Å²) in [6.07, 6.45) is 0. The van der Waals surface area contributed by atoms with E-state index in [0.29, 0.717) is 36.2 Å². The lowest BCUT2D eigenvalue weighted by atomic mass is 10.2. The molecule has 0 aromatic heterocycles. The van der Waals surface area contributed by atoms with Crippen molar-refractivity contribution in [1.29, 1.82) is 0 Å². The van der Waals surface area contributed by atoms with E-state index in [1.807, 2.05) is 6.92 Å². The maximum Gasteiger partial charge on any atom is 0.258 e. The summed E-state index contributed by atoms with van der Waals surface area (Å²) in [7, 11) is 2.90. The normalized spacial score (nSPS) is 11.7. The number of Topliss-reactive ketones (excluding diaryl/α,β-unsaturated/α-hetero) is 1. The molecule has 178 valence electrons. The number of hydrogen-bond acceptors (Lipinski definition) is 8. The van der Waals surface area contributed by atoms with Crippen molar-refractivity contribution in [2.75, 3.05) is 32.8 Å². The third kappa shape index (κ3) is 6.72. The number of benzene rings is 2. The molecule has 0 saturated heterocycles. The lowest BCUT2D eigenvalue weighted by Gasteiger charge is -2.14. The molecule has 2 aromatic rings. The van der Waals surface area contributed by atoms with Crippen molar-refractivity contribution in [2.24, 2.45) is 10.2 Å². The van der Waals surface area contributed by atoms with Crippen molar-refractivity contribution in [2.45, 2.75) is 26.8 Å². The number of anilines is 1. The molecule has 9 nitrogen and oxygen atoms in total. The van der Waals surface area contributed by atoms with Crippen LogP contribution in [0.2, 0.25) is 10.0 Å². The van der Waals surface area contributed by atoms with E-state index in [1.165, 1.54) is 39.3 Å². The van der Waals surface area contributed by atoms with E-state index in [9.17, 15) is 9.59 Å². The van der Waals surface area contributed by atoms with Crippen LogP contribution < -0.4 is 24.3 Å². The number of carbonyl (C=O) groups is 2. The Morgan fingerprint density at radius 2 is 1.61 bits per heavy atom. The van der Waals surface area contributed by atoms with Gasteiger partial charge in [0.25, 0.3) is 5.91 Å². The summed E-state index contributed by atoms with van der Waals surface area (Å²) in [5, 5.41) is 10.9. The number of amides is 1. The summed E-state index contributed by atoms with van der Waals surface area (Å²) in [6.45, 7) is 5.64. The fourth-order valence-corrected chi connectivity index (χ4v) is 3.13. The third-order valence-corrected chi connectivity index (χ3v) is 4.94. The second-order valence-electron chi connectivity index (χ2n) is 6.53. The fourth-order valence-electron chi connectivity index (χ4n) is 2.73. The summed E-state index contributed by atoms with van der Waals surface area (Å²) >= 11 is 12.6. The van der Waals surface area contributed by atoms with Gasteiger partial charge in [-0.25, -0.2) is 0 Å². The van der Waals surface area contributed by atoms with Gasteiger partial charge >= 0.3 is 0 Å². The van der Waals surface area contributed by atoms with E-state index >= 15 is 0 Å². The van der Waals surface area contributed by atoms with Gasteiger partial charge in [0.15, 0.2) is 17.3 Å². The largest absolute Gasteiger partial charge is 0.494 e. The highest BCUT2D eigenvalue weighted by Crippen LogP contribution is 2.39. The zero-order valence-corrected chi connectivity index (χ0v) is 20.4. The summed E-state index contributed by atoms with van der Waals surface area (Å²) < 4.78 is 21.4. The maximum atomic E-state index is 12.8. The number of methoxy groups -OCH3 is 2. The van der Waals surface area contributed by atoms with Crippen LogP contribution in [-0.4, -0.2) is 45.2 Å². The van der Waals surface area contributed by atoms with Gasteiger partial charge in [-0.05, 0) is 20.8 Å². The lowest BCUT2D eigenvalue weighted by molar-refractivity contribution is -0.126. The highest BCUT2D eigenvalue weighted by Gasteiger charge is 2.25. The average molecular weight is 498 g/mol. The number of nitrogens with one attached hydrogen (secondary N) is 1. The second-order valence-corrected chi connectivity index (χ2v) is 7.31. The van der Waals surface area contributed by atoms with Crippen LogP contribution in [0.15, 0.2) is 34.5 Å². The number of carbonyl (C=O) groups excluding carboxylic acids is 2. The van der Waals surface area contributed by atoms with E-state index in [-0.39, 0.29) is 21.4 Å². The fraction of sp³-hybridized carbons (Fsp3) is 0.364. The number of hydrogen-bond donors (Lipinski definition) is 1. The van der Waals surface area contributed by atoms with E-state index < -0.39 is 17.7 Å². The van der Waals surface area contributed by atoms with Gasteiger partial charge in [-0.2, -0.15) is 10.2 Å². The van der Waals surface area contributed by atoms with Gasteiger partial charge in [-0.3, -0.25) is 9.59 Å². The first-order valence-corrected chi connectivity index (χ1v) is 10.7. The zero-order valence-electron chi connectivity index (χ0n) is 18.9. The maximum absolute atomic E-state index is 12.8. The molecule has 11 heteroatoms. The molecule has 0 radical (unpaired) electrons. The summed E-state index contributed by atoms with van der Waals surface area (Å²) in [6, 6.07) is 4.68. The van der Waals surface area contributed by atoms with Crippen LogP contribution in [0.25, 0.3) is 0 Å². The Balaban J connectivity index is 2.35. The predicted molar refractivity (Wildman–Crippen MR) is 126 cm³/mol. The highest BCUT2D eigenvalue weighted by atomic mass is 35.5. The standard InChI is InChI=1S/C22H25Cl2N3O6/c1-6-32-13-8-16(20(24)19(9-13)33-7-2)26-27-21(12(3)28)22(29)25-15-11-18(31-5)17(30-4)10-14(15)23/h8-11,21H,6-7H2,1-5H3,(H,25,29). The number of ether oxygens (including phenoxy) is 4. The Labute approximate surface area is 202 Å². The van der Waals surface area contributed by atoms with Crippen LogP contribution in [0.1, 0.15) is 20.8 Å². The molecule has 33 heavy (non-hydrogen) atoms. The lowest BCUT2D eigenvalue weighted by Crippen LogP contribution is -2.31. The smallest absolute Gasteiger partial charge is 0.258 e. The molecule has 0 spiro atoms. The van der Waals surface area contributed by atoms with Gasteiger partial charge in [-0.15, -0.1) is 0 Å². The minimum absolute atomic E-state index is 0.176. The van der Waals surface area contributed by atoms with Gasteiger partial charge < -0.3 is 24.3 Å². The molecular formula is C22H25Cl2N3O6. The average Bonchev–Trinajstić information content (AvgIpc) is 2.77. The molecule has 1 amide bonds. The predicted octanol–water partition coefficient (Wildman–Crippen LogP) is 5.49. The number of ketones is 1. The molecule has 1 unspecified atom stereocenters. The Morgan fingerprint density at radius 1 is 0.970 bits per heavy atom. The minimum Gasteiger partial charge on any atom is -0.494 e. The van der Waals surface area contributed by atoms with Gasteiger partial charge in [0.1, 0.15) is 22.2 Å². The monoisotopic (exact) mass is 497 g/mol. The summed E-state index contributed by atoms with van der Waals surface area (Å²) in [5.41, 5.74) is 0.407. The van der Waals surface area contributed by atoms with E-state index in [2.05, 4.69) is 15.5 Å².